The van der Waals surface area contributed by atoms with Crippen molar-refractivity contribution < 1.29 is 14.0 Å². The molecular weight excluding hydrogens is 322 g/mol. The summed E-state index contributed by atoms with van der Waals surface area (Å²) in [5.41, 5.74) is 1.46. The van der Waals surface area contributed by atoms with Crippen molar-refractivity contribution in [1.82, 2.24) is 14.8 Å². The van der Waals surface area contributed by atoms with E-state index in [0.717, 1.165) is 19.3 Å². The summed E-state index contributed by atoms with van der Waals surface area (Å²) in [5, 5.41) is 0. The maximum absolute atomic E-state index is 12.8. The first-order chi connectivity index (χ1) is 12.1. The molecule has 1 aliphatic rings. The van der Waals surface area contributed by atoms with Crippen LogP contribution < -0.4 is 5.76 Å². The lowest BCUT2D eigenvalue weighted by molar-refractivity contribution is -0.131. The van der Waals surface area contributed by atoms with E-state index in [1.165, 1.54) is 0 Å². The first-order valence-electron chi connectivity index (χ1n) is 8.78. The van der Waals surface area contributed by atoms with Gasteiger partial charge in [0.25, 0.3) is 5.91 Å². The zero-order valence-corrected chi connectivity index (χ0v) is 14.4. The van der Waals surface area contributed by atoms with Crippen molar-refractivity contribution in [2.75, 3.05) is 26.2 Å². The number of H-pyrrole nitrogens is 1. The fraction of sp³-hybridized carbons (Fsp3) is 0.500. The smallest absolute Gasteiger partial charge is 0.408 e. The molecule has 1 saturated heterocycles. The first-order valence-corrected chi connectivity index (χ1v) is 8.78. The van der Waals surface area contributed by atoms with Gasteiger partial charge >= 0.3 is 5.76 Å². The van der Waals surface area contributed by atoms with Crippen molar-refractivity contribution in [3.63, 3.8) is 0 Å². The molecule has 2 amide bonds. The molecule has 3 rings (SSSR count). The molecule has 0 aliphatic carbocycles. The van der Waals surface area contributed by atoms with Gasteiger partial charge in [-0.1, -0.05) is 13.3 Å². The number of nitrogens with one attached hydrogen (secondary N) is 1. The van der Waals surface area contributed by atoms with E-state index < -0.39 is 5.76 Å². The van der Waals surface area contributed by atoms with Crippen LogP contribution in [0.4, 0.5) is 0 Å². The normalized spacial score (nSPS) is 15.4. The quantitative estimate of drug-likeness (QED) is 0.918. The molecule has 2 heterocycles. The van der Waals surface area contributed by atoms with E-state index in [-0.39, 0.29) is 11.8 Å². The van der Waals surface area contributed by atoms with Crippen molar-refractivity contribution in [2.24, 2.45) is 0 Å². The average Bonchev–Trinajstić information content (AvgIpc) is 2.82. The van der Waals surface area contributed by atoms with Crippen LogP contribution in [0.15, 0.2) is 27.4 Å². The Labute approximate surface area is 145 Å². The summed E-state index contributed by atoms with van der Waals surface area (Å²) < 4.78 is 4.96. The number of unbranched alkanes of at least 4 members (excludes halogenated alkanes) is 1. The topological polar surface area (TPSA) is 86.6 Å². The molecule has 2 aromatic rings. The zero-order valence-electron chi connectivity index (χ0n) is 14.4. The third kappa shape index (κ3) is 3.92. The molecule has 0 bridgehead atoms. The van der Waals surface area contributed by atoms with Gasteiger partial charge in [0.2, 0.25) is 5.91 Å². The second-order valence-corrected chi connectivity index (χ2v) is 6.36. The van der Waals surface area contributed by atoms with E-state index in [1.54, 1.807) is 23.1 Å². The van der Waals surface area contributed by atoms with Crippen LogP contribution in [0.2, 0.25) is 0 Å². The molecule has 134 valence electrons. The highest BCUT2D eigenvalue weighted by atomic mass is 16.4. The molecule has 0 saturated carbocycles. The van der Waals surface area contributed by atoms with Crippen LogP contribution >= 0.6 is 0 Å². The summed E-state index contributed by atoms with van der Waals surface area (Å²) in [7, 11) is 0. The summed E-state index contributed by atoms with van der Waals surface area (Å²) in [5.74, 6) is -0.448. The number of amides is 2. The molecule has 0 spiro atoms. The van der Waals surface area contributed by atoms with Crippen molar-refractivity contribution in [1.29, 1.82) is 0 Å². The number of aromatic nitrogens is 1. The summed E-state index contributed by atoms with van der Waals surface area (Å²) in [6.07, 6.45) is 3.26. The molecule has 0 radical (unpaired) electrons. The number of hydrogen-bond donors (Lipinski definition) is 1. The molecule has 7 heteroatoms. The highest BCUT2D eigenvalue weighted by Crippen LogP contribution is 2.15. The third-order valence-electron chi connectivity index (χ3n) is 4.55. The molecule has 7 nitrogen and oxygen atoms in total. The highest BCUT2D eigenvalue weighted by molar-refractivity contribution is 5.97. The fourth-order valence-corrected chi connectivity index (χ4v) is 3.12. The monoisotopic (exact) mass is 345 g/mol. The number of aromatic amines is 1. The molecular formula is C18H23N3O4. The van der Waals surface area contributed by atoms with Gasteiger partial charge in [0.05, 0.1) is 5.52 Å². The van der Waals surface area contributed by atoms with Gasteiger partial charge in [-0.3, -0.25) is 14.6 Å². The van der Waals surface area contributed by atoms with Crippen LogP contribution in [0, 0.1) is 0 Å². The lowest BCUT2D eigenvalue weighted by Crippen LogP contribution is -2.37. The Hall–Kier alpha value is -2.57. The predicted molar refractivity (Wildman–Crippen MR) is 93.5 cm³/mol. The Morgan fingerprint density at radius 3 is 2.72 bits per heavy atom. The van der Waals surface area contributed by atoms with E-state index in [4.69, 9.17) is 4.42 Å². The minimum Gasteiger partial charge on any atom is -0.408 e. The number of benzene rings is 1. The molecule has 1 aromatic heterocycles. The average molecular weight is 345 g/mol. The Bertz CT molecular complexity index is 823. The van der Waals surface area contributed by atoms with E-state index >= 15 is 0 Å². The first kappa shape index (κ1) is 17.3. The molecule has 1 aromatic carbocycles. The number of fused-ring (bicyclic) bond motifs is 1. The second-order valence-electron chi connectivity index (χ2n) is 6.36. The lowest BCUT2D eigenvalue weighted by Gasteiger charge is -2.22. The summed E-state index contributed by atoms with van der Waals surface area (Å²) in [6.45, 7) is 4.48. The Morgan fingerprint density at radius 1 is 1.16 bits per heavy atom. The molecule has 0 atom stereocenters. The van der Waals surface area contributed by atoms with Crippen LogP contribution in [0.3, 0.4) is 0 Å². The summed E-state index contributed by atoms with van der Waals surface area (Å²) in [6, 6.07) is 4.92. The minimum absolute atomic E-state index is 0.0909. The lowest BCUT2D eigenvalue weighted by atomic mass is 10.1. The number of carbonyl (C=O) groups excluding carboxylic acids is 2. The zero-order chi connectivity index (χ0) is 17.8. The maximum atomic E-state index is 12.8. The van der Waals surface area contributed by atoms with Gasteiger partial charge in [0.1, 0.15) is 0 Å². The number of hydrogen-bond acceptors (Lipinski definition) is 4. The Balaban J connectivity index is 1.67. The largest absolute Gasteiger partial charge is 0.417 e. The number of nitrogens with zero attached hydrogens (tertiary/aromatic N) is 2. The summed E-state index contributed by atoms with van der Waals surface area (Å²) >= 11 is 0. The second kappa shape index (κ2) is 7.55. The van der Waals surface area contributed by atoms with E-state index in [9.17, 15) is 14.4 Å². The van der Waals surface area contributed by atoms with Crippen LogP contribution in [0.5, 0.6) is 0 Å². The third-order valence-corrected chi connectivity index (χ3v) is 4.55. The van der Waals surface area contributed by atoms with Gasteiger partial charge in [-0.15, -0.1) is 0 Å². The van der Waals surface area contributed by atoms with Crippen molar-refractivity contribution in [3.8, 4) is 0 Å². The molecule has 0 unspecified atom stereocenters. The van der Waals surface area contributed by atoms with Crippen LogP contribution in [0.25, 0.3) is 11.1 Å². The van der Waals surface area contributed by atoms with E-state index in [1.807, 2.05) is 4.90 Å². The number of oxazole rings is 1. The minimum atomic E-state index is -0.532. The van der Waals surface area contributed by atoms with Crippen molar-refractivity contribution >= 4 is 22.9 Å². The highest BCUT2D eigenvalue weighted by Gasteiger charge is 2.23. The van der Waals surface area contributed by atoms with Crippen LogP contribution in [-0.2, 0) is 4.79 Å². The van der Waals surface area contributed by atoms with Crippen LogP contribution in [-0.4, -0.2) is 52.8 Å². The predicted octanol–water partition coefficient (Wildman–Crippen LogP) is 1.99. The standard InChI is InChI=1S/C18H23N3O4/c1-2-3-5-16(22)20-8-4-9-21(11-10-20)17(23)13-6-7-15-14(12-13)19-18(24)25-15/h6-7,12H,2-5,8-11H2,1H3,(H,19,24). The molecule has 1 fully saturated rings. The maximum Gasteiger partial charge on any atom is 0.417 e. The van der Waals surface area contributed by atoms with Crippen molar-refractivity contribution in [2.45, 2.75) is 32.6 Å². The SMILES string of the molecule is CCCCC(=O)N1CCCN(C(=O)c2ccc3oc(=O)[nH]c3c2)CC1. The molecule has 1 N–H and O–H groups in total. The van der Waals surface area contributed by atoms with Gasteiger partial charge in [0, 0.05) is 38.2 Å². The van der Waals surface area contributed by atoms with E-state index in [0.29, 0.717) is 49.3 Å². The Kier molecular flexibility index (Phi) is 5.21. The number of rotatable bonds is 4. The van der Waals surface area contributed by atoms with Crippen molar-refractivity contribution in [3.05, 3.63) is 34.3 Å². The fourth-order valence-electron chi connectivity index (χ4n) is 3.12. The van der Waals surface area contributed by atoms with Gasteiger partial charge in [0.15, 0.2) is 5.58 Å². The Morgan fingerprint density at radius 2 is 1.92 bits per heavy atom. The van der Waals surface area contributed by atoms with Crippen LogP contribution in [0.1, 0.15) is 43.0 Å². The van der Waals surface area contributed by atoms with Gasteiger partial charge in [-0.05, 0) is 31.0 Å². The van der Waals surface area contributed by atoms with Gasteiger partial charge in [-0.2, -0.15) is 0 Å². The number of carbonyl (C=O) groups is 2. The van der Waals surface area contributed by atoms with Gasteiger partial charge in [-0.25, -0.2) is 4.79 Å². The van der Waals surface area contributed by atoms with Gasteiger partial charge < -0.3 is 14.2 Å². The van der Waals surface area contributed by atoms with E-state index in [2.05, 4.69) is 11.9 Å². The molecule has 1 aliphatic heterocycles. The molecule has 25 heavy (non-hydrogen) atoms. The summed E-state index contributed by atoms with van der Waals surface area (Å²) in [4.78, 5) is 42.4.